The highest BCUT2D eigenvalue weighted by molar-refractivity contribution is 8.00. The highest BCUT2D eigenvalue weighted by Crippen LogP contribution is 2.39. The first kappa shape index (κ1) is 21.2. The van der Waals surface area contributed by atoms with Crippen molar-refractivity contribution >= 4 is 29.1 Å². The van der Waals surface area contributed by atoms with Crippen LogP contribution in [0.25, 0.3) is 0 Å². The smallest absolute Gasteiger partial charge is 0.417 e. The summed E-state index contributed by atoms with van der Waals surface area (Å²) in [5, 5.41) is -0.386. The number of ketones is 1. The molecule has 2 aromatic rings. The number of Topliss-reactive ketones (excluding diaryl/α,β-unsaturated/α-hetero) is 1. The van der Waals surface area contributed by atoms with E-state index in [0.29, 0.717) is 22.8 Å². The molecule has 0 heterocycles. The van der Waals surface area contributed by atoms with E-state index >= 15 is 0 Å². The molecule has 4 nitrogen and oxygen atoms in total. The molecule has 0 unspecified atom stereocenters. The van der Waals surface area contributed by atoms with E-state index in [1.807, 2.05) is 0 Å². The molecule has 27 heavy (non-hydrogen) atoms. The highest BCUT2D eigenvalue weighted by atomic mass is 35.5. The van der Waals surface area contributed by atoms with Crippen molar-refractivity contribution in [1.29, 1.82) is 0 Å². The van der Waals surface area contributed by atoms with Crippen molar-refractivity contribution < 1.29 is 32.2 Å². The number of methoxy groups -OCH3 is 3. The van der Waals surface area contributed by atoms with Crippen molar-refractivity contribution in [1.82, 2.24) is 0 Å². The van der Waals surface area contributed by atoms with Crippen LogP contribution in [0.4, 0.5) is 13.2 Å². The van der Waals surface area contributed by atoms with Gasteiger partial charge in [-0.2, -0.15) is 13.2 Å². The topological polar surface area (TPSA) is 44.8 Å². The standard InChI is InChI=1S/C18H16ClF3O4S/c1-24-15-6-10(7-16(25-2)17(15)26-3)14(23)9-27-11-4-5-13(19)12(8-11)18(20,21)22/h4-8H,9H2,1-3H3. The van der Waals surface area contributed by atoms with Crippen molar-refractivity contribution in [2.24, 2.45) is 0 Å². The average Bonchev–Trinajstić information content (AvgIpc) is 2.64. The van der Waals surface area contributed by atoms with Crippen molar-refractivity contribution in [3.8, 4) is 17.2 Å². The van der Waals surface area contributed by atoms with E-state index in [9.17, 15) is 18.0 Å². The van der Waals surface area contributed by atoms with Gasteiger partial charge >= 0.3 is 6.18 Å². The number of alkyl halides is 3. The molecule has 0 radical (unpaired) electrons. The Bertz CT molecular complexity index is 815. The zero-order valence-electron chi connectivity index (χ0n) is 14.6. The van der Waals surface area contributed by atoms with E-state index in [1.54, 1.807) is 0 Å². The molecule has 0 bridgehead atoms. The molecule has 0 aliphatic rings. The van der Waals surface area contributed by atoms with Gasteiger partial charge in [0.15, 0.2) is 17.3 Å². The van der Waals surface area contributed by atoms with Gasteiger partial charge in [0.25, 0.3) is 0 Å². The van der Waals surface area contributed by atoms with Gasteiger partial charge in [0.1, 0.15) is 0 Å². The van der Waals surface area contributed by atoms with E-state index in [1.165, 1.54) is 39.5 Å². The van der Waals surface area contributed by atoms with Gasteiger partial charge in [-0.05, 0) is 30.3 Å². The van der Waals surface area contributed by atoms with E-state index in [0.717, 1.165) is 23.9 Å². The molecule has 9 heteroatoms. The van der Waals surface area contributed by atoms with Crippen molar-refractivity contribution in [3.63, 3.8) is 0 Å². The molecule has 0 amide bonds. The summed E-state index contributed by atoms with van der Waals surface area (Å²) in [6.07, 6.45) is -4.56. The molecule has 0 spiro atoms. The van der Waals surface area contributed by atoms with Crippen LogP contribution < -0.4 is 14.2 Å². The zero-order chi connectivity index (χ0) is 20.2. The fraction of sp³-hybridized carbons (Fsp3) is 0.278. The lowest BCUT2D eigenvalue weighted by molar-refractivity contribution is -0.137. The van der Waals surface area contributed by atoms with Gasteiger partial charge in [0, 0.05) is 10.5 Å². The van der Waals surface area contributed by atoms with Gasteiger partial charge in [0.05, 0.1) is 37.7 Å². The molecule has 0 aromatic heterocycles. The van der Waals surface area contributed by atoms with Crippen molar-refractivity contribution in [3.05, 3.63) is 46.5 Å². The highest BCUT2D eigenvalue weighted by Gasteiger charge is 2.33. The molecule has 0 atom stereocenters. The number of hydrogen-bond acceptors (Lipinski definition) is 5. The molecule has 0 aliphatic heterocycles. The number of hydrogen-bond donors (Lipinski definition) is 0. The molecule has 146 valence electrons. The predicted octanol–water partition coefficient (Wildman–Crippen LogP) is 5.36. The van der Waals surface area contributed by atoms with Gasteiger partial charge < -0.3 is 14.2 Å². The van der Waals surface area contributed by atoms with Crippen LogP contribution in [0.1, 0.15) is 15.9 Å². The Kier molecular flexibility index (Phi) is 6.89. The molecule has 0 saturated heterocycles. The molecule has 2 rings (SSSR count). The average molecular weight is 421 g/mol. The Morgan fingerprint density at radius 1 is 1.04 bits per heavy atom. The number of carbonyl (C=O) groups is 1. The fourth-order valence-electron chi connectivity index (χ4n) is 2.29. The van der Waals surface area contributed by atoms with Crippen LogP contribution in [-0.4, -0.2) is 32.9 Å². The van der Waals surface area contributed by atoms with Gasteiger partial charge in [-0.25, -0.2) is 0 Å². The minimum atomic E-state index is -4.56. The van der Waals surface area contributed by atoms with Crippen molar-refractivity contribution in [2.45, 2.75) is 11.1 Å². The molecule has 0 aliphatic carbocycles. The number of halogens is 4. The molecule has 0 fully saturated rings. The van der Waals surface area contributed by atoms with Crippen LogP contribution >= 0.6 is 23.4 Å². The number of carbonyl (C=O) groups excluding carboxylic acids is 1. The Morgan fingerprint density at radius 3 is 2.11 bits per heavy atom. The third-order valence-electron chi connectivity index (χ3n) is 3.60. The van der Waals surface area contributed by atoms with E-state index < -0.39 is 11.7 Å². The molecule has 2 aromatic carbocycles. The Labute approximate surface area is 163 Å². The quantitative estimate of drug-likeness (QED) is 0.445. The molecular weight excluding hydrogens is 405 g/mol. The summed E-state index contributed by atoms with van der Waals surface area (Å²) < 4.78 is 54.4. The van der Waals surface area contributed by atoms with Gasteiger partial charge in [-0.15, -0.1) is 11.8 Å². The van der Waals surface area contributed by atoms with E-state index in [4.69, 9.17) is 25.8 Å². The number of ether oxygens (including phenoxy) is 3. The number of thioether (sulfide) groups is 1. The first-order valence-electron chi connectivity index (χ1n) is 7.54. The summed E-state index contributed by atoms with van der Waals surface area (Å²) >= 11 is 6.58. The third-order valence-corrected chi connectivity index (χ3v) is 4.92. The maximum absolute atomic E-state index is 12.9. The largest absolute Gasteiger partial charge is 0.493 e. The second-order valence-electron chi connectivity index (χ2n) is 5.27. The summed E-state index contributed by atoms with van der Waals surface area (Å²) in [6.45, 7) is 0. The minimum absolute atomic E-state index is 0.0719. The van der Waals surface area contributed by atoms with Gasteiger partial charge in [-0.1, -0.05) is 11.6 Å². The van der Waals surface area contributed by atoms with E-state index in [2.05, 4.69) is 0 Å². The first-order chi connectivity index (χ1) is 12.7. The second kappa shape index (κ2) is 8.75. The molecular formula is C18H16ClF3O4S. The monoisotopic (exact) mass is 420 g/mol. The van der Waals surface area contributed by atoms with Crippen LogP contribution in [0.3, 0.4) is 0 Å². The summed E-state index contributed by atoms with van der Waals surface area (Å²) in [6, 6.07) is 6.51. The maximum atomic E-state index is 12.9. The lowest BCUT2D eigenvalue weighted by Crippen LogP contribution is -2.07. The second-order valence-corrected chi connectivity index (χ2v) is 6.72. The Hall–Kier alpha value is -2.06. The van der Waals surface area contributed by atoms with Crippen LogP contribution in [0.15, 0.2) is 35.2 Å². The third kappa shape index (κ3) is 5.01. The minimum Gasteiger partial charge on any atom is -0.493 e. The summed E-state index contributed by atoms with van der Waals surface area (Å²) in [7, 11) is 4.29. The Morgan fingerprint density at radius 2 is 1.63 bits per heavy atom. The van der Waals surface area contributed by atoms with E-state index in [-0.39, 0.29) is 21.5 Å². The summed E-state index contributed by atoms with van der Waals surface area (Å²) in [5.41, 5.74) is -0.642. The van der Waals surface area contributed by atoms with Crippen LogP contribution in [0.2, 0.25) is 5.02 Å². The van der Waals surface area contributed by atoms with Crippen LogP contribution in [0.5, 0.6) is 17.2 Å². The zero-order valence-corrected chi connectivity index (χ0v) is 16.2. The van der Waals surface area contributed by atoms with Crippen LogP contribution in [0, 0.1) is 0 Å². The Balaban J connectivity index is 2.21. The number of rotatable bonds is 7. The van der Waals surface area contributed by atoms with Gasteiger partial charge in [0.2, 0.25) is 5.75 Å². The van der Waals surface area contributed by atoms with Crippen LogP contribution in [-0.2, 0) is 6.18 Å². The molecule has 0 saturated carbocycles. The lowest BCUT2D eigenvalue weighted by atomic mass is 10.1. The number of benzene rings is 2. The lowest BCUT2D eigenvalue weighted by Gasteiger charge is -2.14. The maximum Gasteiger partial charge on any atom is 0.417 e. The molecule has 0 N–H and O–H groups in total. The summed E-state index contributed by atoms with van der Waals surface area (Å²) in [4.78, 5) is 12.8. The van der Waals surface area contributed by atoms with Crippen molar-refractivity contribution in [2.75, 3.05) is 27.1 Å². The predicted molar refractivity (Wildman–Crippen MR) is 97.6 cm³/mol. The van der Waals surface area contributed by atoms with Gasteiger partial charge in [-0.3, -0.25) is 4.79 Å². The summed E-state index contributed by atoms with van der Waals surface area (Å²) in [5.74, 6) is 0.601. The SMILES string of the molecule is COc1cc(C(=O)CSc2ccc(Cl)c(C(F)(F)F)c2)cc(OC)c1OC. The fourth-order valence-corrected chi connectivity index (χ4v) is 3.34. The first-order valence-corrected chi connectivity index (χ1v) is 8.90. The normalized spacial score (nSPS) is 11.2.